The van der Waals surface area contributed by atoms with Crippen molar-refractivity contribution >= 4 is 5.91 Å². The second-order valence-electron chi connectivity index (χ2n) is 9.59. The number of amides is 1. The molecule has 1 amide bonds. The zero-order chi connectivity index (χ0) is 21.5. The van der Waals surface area contributed by atoms with Crippen molar-refractivity contribution < 1.29 is 4.79 Å². The predicted molar refractivity (Wildman–Crippen MR) is 117 cm³/mol. The van der Waals surface area contributed by atoms with E-state index in [1.165, 1.54) is 16.7 Å². The van der Waals surface area contributed by atoms with Gasteiger partial charge in [0.1, 0.15) is 5.82 Å². The van der Waals surface area contributed by atoms with E-state index in [1.807, 2.05) is 0 Å². The van der Waals surface area contributed by atoms with Gasteiger partial charge in [0.05, 0.1) is 12.1 Å². The highest BCUT2D eigenvalue weighted by Gasteiger charge is 2.46. The van der Waals surface area contributed by atoms with Gasteiger partial charge in [0.25, 0.3) is 5.91 Å². The summed E-state index contributed by atoms with van der Waals surface area (Å²) in [6.45, 7) is 13.7. The van der Waals surface area contributed by atoms with E-state index in [9.17, 15) is 4.79 Å². The lowest BCUT2D eigenvalue weighted by atomic mass is 9.94. The number of carbonyl (C=O) groups is 1. The van der Waals surface area contributed by atoms with Gasteiger partial charge >= 0.3 is 0 Å². The number of nitrogens with zero attached hydrogens (tertiary/aromatic N) is 5. The van der Waals surface area contributed by atoms with Gasteiger partial charge in [-0.1, -0.05) is 32.0 Å². The third-order valence-corrected chi connectivity index (χ3v) is 6.73. The molecule has 1 saturated heterocycles. The highest BCUT2D eigenvalue weighted by molar-refractivity contribution is 5.90. The summed E-state index contributed by atoms with van der Waals surface area (Å²) in [5.41, 5.74) is 4.07. The fourth-order valence-corrected chi connectivity index (χ4v) is 4.63. The number of carbonyl (C=O) groups excluding carboxylic acids is 1. The Morgan fingerprint density at radius 2 is 2.00 bits per heavy atom. The maximum atomic E-state index is 12.7. The van der Waals surface area contributed by atoms with Crippen LogP contribution in [-0.2, 0) is 19.6 Å². The molecule has 3 heterocycles. The van der Waals surface area contributed by atoms with Gasteiger partial charge in [-0.15, -0.1) is 10.2 Å². The molecule has 0 saturated carbocycles. The molecule has 4 rings (SSSR count). The first-order valence-electron chi connectivity index (χ1n) is 11.0. The number of hydrogen-bond donors (Lipinski definition) is 1. The van der Waals surface area contributed by atoms with Crippen molar-refractivity contribution in [2.24, 2.45) is 5.92 Å². The molecule has 1 spiro atoms. The quantitative estimate of drug-likeness (QED) is 0.820. The van der Waals surface area contributed by atoms with Crippen LogP contribution in [0, 0.1) is 19.8 Å². The van der Waals surface area contributed by atoms with Crippen molar-refractivity contribution in [3.63, 3.8) is 0 Å². The van der Waals surface area contributed by atoms with Gasteiger partial charge in [-0.3, -0.25) is 14.6 Å². The molecule has 7 heteroatoms. The molecule has 1 unspecified atom stereocenters. The Labute approximate surface area is 179 Å². The van der Waals surface area contributed by atoms with Gasteiger partial charge in [0.15, 0.2) is 0 Å². The van der Waals surface area contributed by atoms with Crippen LogP contribution in [0.1, 0.15) is 53.4 Å². The number of benzene rings is 1. The maximum absolute atomic E-state index is 12.7. The minimum absolute atomic E-state index is 0.0161. The fourth-order valence-electron chi connectivity index (χ4n) is 4.63. The largest absolute Gasteiger partial charge is 0.349 e. The van der Waals surface area contributed by atoms with Gasteiger partial charge in [-0.25, -0.2) is 0 Å². The summed E-state index contributed by atoms with van der Waals surface area (Å²) in [5.74, 6) is 1.62. The molecule has 0 aliphatic carbocycles. The summed E-state index contributed by atoms with van der Waals surface area (Å²) in [6.07, 6.45) is 1.08. The molecule has 2 aliphatic rings. The molecule has 1 aromatic heterocycles. The molecular formula is C23H34N6O. The third kappa shape index (κ3) is 4.01. The molecule has 2 aliphatic heterocycles. The molecular weight excluding hydrogens is 376 g/mol. The average molecular weight is 411 g/mol. The Bertz CT molecular complexity index is 936. The number of hydrogen-bond acceptors (Lipinski definition) is 5. The highest BCUT2D eigenvalue weighted by Crippen LogP contribution is 2.34. The first kappa shape index (κ1) is 21.0. The summed E-state index contributed by atoms with van der Waals surface area (Å²) in [7, 11) is 2.18. The number of likely N-dealkylation sites (tertiary alicyclic amines) is 1. The smallest absolute Gasteiger partial charge is 0.289 e. The number of aryl methyl sites for hydroxylation is 2. The van der Waals surface area contributed by atoms with Crippen LogP contribution >= 0.6 is 0 Å². The molecule has 1 atom stereocenters. The normalized spacial score (nSPS) is 22.1. The predicted octanol–water partition coefficient (Wildman–Crippen LogP) is 2.37. The van der Waals surface area contributed by atoms with Crippen molar-refractivity contribution in [3.05, 3.63) is 46.5 Å². The second-order valence-corrected chi connectivity index (χ2v) is 9.59. The molecule has 162 valence electrons. The van der Waals surface area contributed by atoms with Crippen molar-refractivity contribution in [2.75, 3.05) is 26.7 Å². The highest BCUT2D eigenvalue weighted by atomic mass is 16.2. The summed E-state index contributed by atoms with van der Waals surface area (Å²) in [4.78, 5) is 17.6. The summed E-state index contributed by atoms with van der Waals surface area (Å²) in [6, 6.07) is 6.77. The Balaban J connectivity index is 1.49. The van der Waals surface area contributed by atoms with Crippen molar-refractivity contribution in [1.82, 2.24) is 29.9 Å². The van der Waals surface area contributed by atoms with Crippen LogP contribution in [0.5, 0.6) is 0 Å². The van der Waals surface area contributed by atoms with Gasteiger partial charge in [-0.05, 0) is 49.9 Å². The van der Waals surface area contributed by atoms with Crippen molar-refractivity contribution in [3.8, 4) is 0 Å². The lowest BCUT2D eigenvalue weighted by Crippen LogP contribution is -2.55. The molecule has 1 aromatic carbocycles. The van der Waals surface area contributed by atoms with Gasteiger partial charge < -0.3 is 9.88 Å². The Morgan fingerprint density at radius 1 is 1.20 bits per heavy atom. The summed E-state index contributed by atoms with van der Waals surface area (Å²) < 4.78 is 2.05. The van der Waals surface area contributed by atoms with Crippen LogP contribution in [0.3, 0.4) is 0 Å². The standard InChI is InChI=1S/C23H34N6O/c1-16(2)11-24-22(30)21-26-25-20-13-27(5)23(15-29(20)21)8-9-28(14-23)12-19-7-6-17(3)18(4)10-19/h6-7,10,16H,8-9,11-15H2,1-5H3,(H,24,30). The number of aromatic nitrogens is 3. The maximum Gasteiger partial charge on any atom is 0.289 e. The van der Waals surface area contributed by atoms with Gasteiger partial charge in [0.2, 0.25) is 5.82 Å². The SMILES string of the molecule is Cc1ccc(CN2CCC3(C2)Cn2c(nnc2C(=O)NCC(C)C)CN3C)cc1C. The number of nitrogens with one attached hydrogen (secondary N) is 1. The van der Waals surface area contributed by atoms with Crippen molar-refractivity contribution in [2.45, 2.75) is 59.3 Å². The average Bonchev–Trinajstić information content (AvgIpc) is 3.28. The topological polar surface area (TPSA) is 66.3 Å². The van der Waals surface area contributed by atoms with Crippen LogP contribution < -0.4 is 5.32 Å². The van der Waals surface area contributed by atoms with Gasteiger partial charge in [0, 0.05) is 32.7 Å². The third-order valence-electron chi connectivity index (χ3n) is 6.73. The Hall–Kier alpha value is -2.25. The zero-order valence-electron chi connectivity index (χ0n) is 18.9. The monoisotopic (exact) mass is 410 g/mol. The summed E-state index contributed by atoms with van der Waals surface area (Å²) >= 11 is 0. The molecule has 30 heavy (non-hydrogen) atoms. The van der Waals surface area contributed by atoms with E-state index in [0.29, 0.717) is 18.3 Å². The van der Waals surface area contributed by atoms with Gasteiger partial charge in [-0.2, -0.15) is 0 Å². The number of likely N-dealkylation sites (N-methyl/N-ethyl adjacent to an activating group) is 1. The molecule has 7 nitrogen and oxygen atoms in total. The van der Waals surface area contributed by atoms with E-state index >= 15 is 0 Å². The zero-order valence-corrected chi connectivity index (χ0v) is 18.9. The summed E-state index contributed by atoms with van der Waals surface area (Å²) in [5, 5.41) is 11.5. The minimum Gasteiger partial charge on any atom is -0.349 e. The van der Waals surface area contributed by atoms with Crippen LogP contribution in [-0.4, -0.2) is 62.7 Å². The number of rotatable bonds is 5. The molecule has 1 fully saturated rings. The van der Waals surface area contributed by atoms with E-state index in [-0.39, 0.29) is 11.4 Å². The molecule has 0 bridgehead atoms. The van der Waals surface area contributed by atoms with E-state index in [4.69, 9.17) is 0 Å². The Morgan fingerprint density at radius 3 is 2.73 bits per heavy atom. The van der Waals surface area contributed by atoms with Crippen LogP contribution in [0.2, 0.25) is 0 Å². The lowest BCUT2D eigenvalue weighted by Gasteiger charge is -2.42. The van der Waals surface area contributed by atoms with Crippen molar-refractivity contribution in [1.29, 1.82) is 0 Å². The Kier molecular flexibility index (Phi) is 5.68. The fraction of sp³-hybridized carbons (Fsp3) is 0.609. The second kappa shape index (κ2) is 8.12. The molecule has 2 aromatic rings. The number of fused-ring (bicyclic) bond motifs is 1. The van der Waals surface area contributed by atoms with E-state index in [0.717, 1.165) is 45.0 Å². The van der Waals surface area contributed by atoms with Crippen LogP contribution in [0.25, 0.3) is 0 Å². The molecule has 1 N–H and O–H groups in total. The molecule has 0 radical (unpaired) electrons. The van der Waals surface area contributed by atoms with E-state index in [1.54, 1.807) is 0 Å². The lowest BCUT2D eigenvalue weighted by molar-refractivity contribution is 0.0648. The van der Waals surface area contributed by atoms with E-state index < -0.39 is 0 Å². The minimum atomic E-state index is -0.118. The first-order chi connectivity index (χ1) is 14.3. The van der Waals surface area contributed by atoms with E-state index in [2.05, 4.69) is 82.8 Å². The first-order valence-corrected chi connectivity index (χ1v) is 11.0. The van der Waals surface area contributed by atoms with Crippen LogP contribution in [0.15, 0.2) is 18.2 Å². The van der Waals surface area contributed by atoms with Crippen LogP contribution in [0.4, 0.5) is 0 Å².